The molecule has 0 radical (unpaired) electrons. The van der Waals surface area contributed by atoms with E-state index in [1.54, 1.807) is 24.3 Å². The van der Waals surface area contributed by atoms with Gasteiger partial charge in [-0.1, -0.05) is 18.2 Å². The zero-order valence-electron chi connectivity index (χ0n) is 11.4. The molecule has 0 spiro atoms. The van der Waals surface area contributed by atoms with Gasteiger partial charge in [0.05, 0.1) is 18.7 Å². The molecule has 1 aromatic rings. The Hall–Kier alpha value is -2.09. The van der Waals surface area contributed by atoms with Crippen LogP contribution in [0.2, 0.25) is 0 Å². The summed E-state index contributed by atoms with van der Waals surface area (Å²) < 4.78 is 30.0. The molecule has 1 aromatic carbocycles. The third-order valence-electron chi connectivity index (χ3n) is 3.36. The molecule has 1 N–H and O–H groups in total. The fourth-order valence-corrected chi connectivity index (χ4v) is 3.78. The highest BCUT2D eigenvalue weighted by molar-refractivity contribution is 7.93. The van der Waals surface area contributed by atoms with Crippen molar-refractivity contribution in [2.75, 3.05) is 23.7 Å². The Bertz CT molecular complexity index is 669. The van der Waals surface area contributed by atoms with E-state index in [0.29, 0.717) is 11.3 Å². The Morgan fingerprint density at radius 1 is 1.38 bits per heavy atom. The Morgan fingerprint density at radius 2 is 2.05 bits per heavy atom. The molecule has 1 aliphatic heterocycles. The molecule has 1 heterocycles. The lowest BCUT2D eigenvalue weighted by molar-refractivity contribution is -0.139. The lowest BCUT2D eigenvalue weighted by Crippen LogP contribution is -2.41. The van der Waals surface area contributed by atoms with Gasteiger partial charge in [0.15, 0.2) is 5.75 Å². The largest absolute Gasteiger partial charge is 0.481 e. The summed E-state index contributed by atoms with van der Waals surface area (Å²) in [7, 11) is -2.78. The highest BCUT2D eigenvalue weighted by Gasteiger charge is 2.35. The summed E-state index contributed by atoms with van der Waals surface area (Å²) in [5.41, 5.74) is 0.741. The minimum absolute atomic E-state index is 0.0211. The highest BCUT2D eigenvalue weighted by Crippen LogP contribution is 2.36. The van der Waals surface area contributed by atoms with Crippen LogP contribution in [0.3, 0.4) is 0 Å². The summed E-state index contributed by atoms with van der Waals surface area (Å²) in [5.74, 6) is -3.36. The topological polar surface area (TPSA) is 101 Å². The zero-order chi connectivity index (χ0) is 15.6. The number of esters is 1. The first-order chi connectivity index (χ1) is 9.86. The van der Waals surface area contributed by atoms with Gasteiger partial charge < -0.3 is 9.84 Å². The molecule has 0 saturated carbocycles. The van der Waals surface area contributed by atoms with Gasteiger partial charge in [-0.2, -0.15) is 0 Å². The van der Waals surface area contributed by atoms with Crippen molar-refractivity contribution in [1.29, 1.82) is 0 Å². The van der Waals surface area contributed by atoms with Crippen LogP contribution in [0, 0.1) is 0 Å². The molecule has 0 aliphatic carbocycles. The maximum absolute atomic E-state index is 12.3. The number of carboxylic acid groups (broad SMARTS) is 1. The SMILES string of the molecule is COC(=O)CS(=O)(=O)N1CCC(C(=O)O)c2ccccc21. The highest BCUT2D eigenvalue weighted by atomic mass is 32.2. The van der Waals surface area contributed by atoms with Crippen LogP contribution in [0.15, 0.2) is 24.3 Å². The van der Waals surface area contributed by atoms with Crippen LogP contribution in [0.25, 0.3) is 0 Å². The molecule has 8 heteroatoms. The Labute approximate surface area is 122 Å². The van der Waals surface area contributed by atoms with E-state index in [-0.39, 0.29) is 13.0 Å². The third kappa shape index (κ3) is 2.99. The second-order valence-electron chi connectivity index (χ2n) is 4.64. The summed E-state index contributed by atoms with van der Waals surface area (Å²) in [6.45, 7) is 0.0211. The number of sulfonamides is 1. The van der Waals surface area contributed by atoms with Crippen LogP contribution in [0.5, 0.6) is 0 Å². The molecule has 114 valence electrons. The van der Waals surface area contributed by atoms with Crippen molar-refractivity contribution >= 4 is 27.6 Å². The third-order valence-corrected chi connectivity index (χ3v) is 5.01. The fourth-order valence-electron chi connectivity index (χ4n) is 2.36. The number of carbonyl (C=O) groups is 2. The number of carbonyl (C=O) groups excluding carboxylic acids is 1. The molecular formula is C13H15NO6S. The number of para-hydroxylation sites is 1. The Morgan fingerprint density at radius 3 is 2.67 bits per heavy atom. The van der Waals surface area contributed by atoms with Crippen LogP contribution in [0.1, 0.15) is 17.9 Å². The first kappa shape index (κ1) is 15.3. The summed E-state index contributed by atoms with van der Waals surface area (Å²) in [6.07, 6.45) is 0.159. The van der Waals surface area contributed by atoms with E-state index < -0.39 is 33.6 Å². The standard InChI is InChI=1S/C13H15NO6S/c1-20-12(15)8-21(18,19)14-7-6-10(13(16)17)9-4-2-3-5-11(9)14/h2-5,10H,6-8H2,1H3,(H,16,17). The van der Waals surface area contributed by atoms with Gasteiger partial charge in [0, 0.05) is 6.54 Å². The number of hydrogen-bond acceptors (Lipinski definition) is 5. The average Bonchev–Trinajstić information content (AvgIpc) is 2.45. The van der Waals surface area contributed by atoms with E-state index in [0.717, 1.165) is 11.4 Å². The van der Waals surface area contributed by atoms with E-state index in [9.17, 15) is 23.1 Å². The second-order valence-corrected chi connectivity index (χ2v) is 6.54. The number of aliphatic carboxylic acids is 1. The lowest BCUT2D eigenvalue weighted by atomic mass is 9.91. The van der Waals surface area contributed by atoms with Gasteiger partial charge in [-0.15, -0.1) is 0 Å². The van der Waals surface area contributed by atoms with Gasteiger partial charge >= 0.3 is 11.9 Å². The molecule has 0 aromatic heterocycles. The van der Waals surface area contributed by atoms with E-state index >= 15 is 0 Å². The van der Waals surface area contributed by atoms with E-state index in [2.05, 4.69) is 4.74 Å². The van der Waals surface area contributed by atoms with Crippen molar-refractivity contribution in [3.05, 3.63) is 29.8 Å². The first-order valence-electron chi connectivity index (χ1n) is 6.26. The average molecular weight is 313 g/mol. The number of rotatable bonds is 4. The first-order valence-corrected chi connectivity index (χ1v) is 7.86. The smallest absolute Gasteiger partial charge is 0.322 e. The predicted octanol–water partition coefficient (Wildman–Crippen LogP) is 0.568. The van der Waals surface area contributed by atoms with Crippen molar-refractivity contribution in [1.82, 2.24) is 0 Å². The van der Waals surface area contributed by atoms with Gasteiger partial charge in [0.2, 0.25) is 10.0 Å². The summed E-state index contributed by atoms with van der Waals surface area (Å²) in [6, 6.07) is 6.42. The zero-order valence-corrected chi connectivity index (χ0v) is 12.2. The van der Waals surface area contributed by atoms with Gasteiger partial charge in [0.1, 0.15) is 0 Å². The van der Waals surface area contributed by atoms with E-state index in [1.807, 2.05) is 0 Å². The van der Waals surface area contributed by atoms with Crippen molar-refractivity contribution < 1.29 is 27.9 Å². The number of hydrogen-bond donors (Lipinski definition) is 1. The molecule has 21 heavy (non-hydrogen) atoms. The maximum Gasteiger partial charge on any atom is 0.322 e. The summed E-state index contributed by atoms with van der Waals surface area (Å²) >= 11 is 0. The van der Waals surface area contributed by atoms with Gasteiger partial charge in [-0.3, -0.25) is 13.9 Å². The summed E-state index contributed by atoms with van der Waals surface area (Å²) in [5, 5.41) is 9.22. The molecule has 1 aliphatic rings. The molecule has 0 fully saturated rings. The number of nitrogens with zero attached hydrogens (tertiary/aromatic N) is 1. The van der Waals surface area contributed by atoms with E-state index in [1.165, 1.54) is 0 Å². The molecule has 0 saturated heterocycles. The van der Waals surface area contributed by atoms with Crippen LogP contribution >= 0.6 is 0 Å². The monoisotopic (exact) mass is 313 g/mol. The second kappa shape index (κ2) is 5.72. The Balaban J connectivity index is 2.42. The van der Waals surface area contributed by atoms with Gasteiger partial charge in [-0.25, -0.2) is 8.42 Å². The van der Waals surface area contributed by atoms with Crippen molar-refractivity contribution in [3.8, 4) is 0 Å². The van der Waals surface area contributed by atoms with Crippen LogP contribution in [-0.2, 0) is 24.3 Å². The summed E-state index contributed by atoms with van der Waals surface area (Å²) in [4.78, 5) is 22.5. The number of methoxy groups -OCH3 is 1. The van der Waals surface area contributed by atoms with E-state index in [4.69, 9.17) is 0 Å². The number of ether oxygens (including phenoxy) is 1. The number of benzene rings is 1. The van der Waals surface area contributed by atoms with Crippen molar-refractivity contribution in [2.45, 2.75) is 12.3 Å². The maximum atomic E-state index is 12.3. The van der Waals surface area contributed by atoms with Crippen LogP contribution in [0.4, 0.5) is 5.69 Å². The lowest BCUT2D eigenvalue weighted by Gasteiger charge is -2.33. The molecule has 7 nitrogen and oxygen atoms in total. The number of anilines is 1. The molecular weight excluding hydrogens is 298 g/mol. The molecule has 0 amide bonds. The predicted molar refractivity (Wildman–Crippen MR) is 74.6 cm³/mol. The Kier molecular flexibility index (Phi) is 4.17. The quantitative estimate of drug-likeness (QED) is 0.815. The number of fused-ring (bicyclic) bond motifs is 1. The molecule has 0 bridgehead atoms. The number of carboxylic acids is 1. The molecule has 1 atom stereocenters. The fraction of sp³-hybridized carbons (Fsp3) is 0.385. The normalized spacial score (nSPS) is 18.0. The minimum Gasteiger partial charge on any atom is -0.481 e. The van der Waals surface area contributed by atoms with Crippen LogP contribution < -0.4 is 4.31 Å². The van der Waals surface area contributed by atoms with Crippen molar-refractivity contribution in [3.63, 3.8) is 0 Å². The minimum atomic E-state index is -3.89. The van der Waals surface area contributed by atoms with Crippen LogP contribution in [-0.4, -0.2) is 44.9 Å². The van der Waals surface area contributed by atoms with Crippen molar-refractivity contribution in [2.24, 2.45) is 0 Å². The van der Waals surface area contributed by atoms with Gasteiger partial charge in [-0.05, 0) is 18.1 Å². The molecule has 1 unspecified atom stereocenters. The molecule has 2 rings (SSSR count). The van der Waals surface area contributed by atoms with Gasteiger partial charge in [0.25, 0.3) is 0 Å².